The molecule has 2 aromatic rings. The normalized spacial score (nSPS) is 16.8. The quantitative estimate of drug-likeness (QED) is 0.808. The Bertz CT molecular complexity index is 511. The standard InChI is InChI=1S/C11H16N6O/c1-8-7-9(16-18-8)10-13-11(15-14-10)17-5-2-3-12-4-6-17/h7,12H,2-6H2,1H3,(H,13,14,15). The molecule has 0 atom stereocenters. The first-order chi connectivity index (χ1) is 8.83. The lowest BCUT2D eigenvalue weighted by atomic mass is 10.4. The van der Waals surface area contributed by atoms with Gasteiger partial charge in [0, 0.05) is 25.7 Å². The van der Waals surface area contributed by atoms with E-state index in [4.69, 9.17) is 4.52 Å². The molecule has 2 N–H and O–H groups in total. The van der Waals surface area contributed by atoms with Gasteiger partial charge in [0.15, 0.2) is 11.5 Å². The van der Waals surface area contributed by atoms with Gasteiger partial charge in [-0.3, -0.25) is 5.10 Å². The zero-order chi connectivity index (χ0) is 12.4. The molecule has 1 aliphatic heterocycles. The van der Waals surface area contributed by atoms with E-state index in [2.05, 4.69) is 30.6 Å². The number of anilines is 1. The lowest BCUT2D eigenvalue weighted by molar-refractivity contribution is 0.399. The first-order valence-electron chi connectivity index (χ1n) is 6.15. The summed E-state index contributed by atoms with van der Waals surface area (Å²) in [5, 5.41) is 14.4. The van der Waals surface area contributed by atoms with Crippen LogP contribution in [-0.4, -0.2) is 46.5 Å². The molecular formula is C11H16N6O. The molecule has 0 aromatic carbocycles. The predicted molar refractivity (Wildman–Crippen MR) is 66.3 cm³/mol. The van der Waals surface area contributed by atoms with Crippen molar-refractivity contribution in [2.24, 2.45) is 0 Å². The Hall–Kier alpha value is -1.89. The molecule has 0 saturated carbocycles. The maximum absolute atomic E-state index is 5.03. The van der Waals surface area contributed by atoms with Crippen molar-refractivity contribution in [2.75, 3.05) is 31.1 Å². The number of aryl methyl sites for hydroxylation is 1. The predicted octanol–water partition coefficient (Wildman–Crippen LogP) is 0.568. The molecule has 0 unspecified atom stereocenters. The monoisotopic (exact) mass is 248 g/mol. The van der Waals surface area contributed by atoms with E-state index in [1.807, 2.05) is 13.0 Å². The van der Waals surface area contributed by atoms with E-state index in [-0.39, 0.29) is 0 Å². The van der Waals surface area contributed by atoms with Gasteiger partial charge in [-0.15, -0.1) is 5.10 Å². The van der Waals surface area contributed by atoms with Gasteiger partial charge in [0.2, 0.25) is 5.95 Å². The summed E-state index contributed by atoms with van der Waals surface area (Å²) in [4.78, 5) is 6.64. The van der Waals surface area contributed by atoms with Crippen LogP contribution < -0.4 is 10.2 Å². The van der Waals surface area contributed by atoms with Gasteiger partial charge in [0.1, 0.15) is 5.76 Å². The van der Waals surface area contributed by atoms with Gasteiger partial charge < -0.3 is 14.7 Å². The van der Waals surface area contributed by atoms with E-state index in [1.165, 1.54) is 0 Å². The van der Waals surface area contributed by atoms with E-state index in [9.17, 15) is 0 Å². The fraction of sp³-hybridized carbons (Fsp3) is 0.545. The summed E-state index contributed by atoms with van der Waals surface area (Å²) in [6.45, 7) is 5.77. The van der Waals surface area contributed by atoms with Crippen LogP contribution >= 0.6 is 0 Å². The van der Waals surface area contributed by atoms with Gasteiger partial charge in [0.05, 0.1) is 0 Å². The summed E-state index contributed by atoms with van der Waals surface area (Å²) in [5.74, 6) is 2.15. The lowest BCUT2D eigenvalue weighted by Crippen LogP contribution is -2.28. The summed E-state index contributed by atoms with van der Waals surface area (Å²) >= 11 is 0. The minimum absolute atomic E-state index is 0.652. The van der Waals surface area contributed by atoms with Crippen molar-refractivity contribution in [1.82, 2.24) is 25.7 Å². The van der Waals surface area contributed by atoms with Crippen molar-refractivity contribution in [3.05, 3.63) is 11.8 Å². The molecule has 0 radical (unpaired) electrons. The number of nitrogens with zero attached hydrogens (tertiary/aromatic N) is 4. The Morgan fingerprint density at radius 1 is 1.33 bits per heavy atom. The highest BCUT2D eigenvalue weighted by Crippen LogP contribution is 2.17. The van der Waals surface area contributed by atoms with E-state index < -0.39 is 0 Å². The van der Waals surface area contributed by atoms with Crippen molar-refractivity contribution in [3.63, 3.8) is 0 Å². The van der Waals surface area contributed by atoms with Crippen LogP contribution in [0.5, 0.6) is 0 Å². The summed E-state index contributed by atoms with van der Waals surface area (Å²) in [5.41, 5.74) is 0.694. The molecule has 1 aliphatic rings. The Morgan fingerprint density at radius 3 is 3.11 bits per heavy atom. The van der Waals surface area contributed by atoms with Crippen LogP contribution in [0.25, 0.3) is 11.5 Å². The van der Waals surface area contributed by atoms with Crippen LogP contribution in [0.3, 0.4) is 0 Å². The molecule has 2 aromatic heterocycles. The molecule has 96 valence electrons. The lowest BCUT2D eigenvalue weighted by Gasteiger charge is -2.16. The Morgan fingerprint density at radius 2 is 2.28 bits per heavy atom. The van der Waals surface area contributed by atoms with Crippen LogP contribution in [0.2, 0.25) is 0 Å². The summed E-state index contributed by atoms with van der Waals surface area (Å²) in [6.07, 6.45) is 1.10. The second-order valence-electron chi connectivity index (χ2n) is 4.40. The largest absolute Gasteiger partial charge is 0.361 e. The first-order valence-corrected chi connectivity index (χ1v) is 6.15. The van der Waals surface area contributed by atoms with Crippen molar-refractivity contribution in [1.29, 1.82) is 0 Å². The van der Waals surface area contributed by atoms with E-state index in [1.54, 1.807) is 0 Å². The van der Waals surface area contributed by atoms with Gasteiger partial charge >= 0.3 is 0 Å². The Kier molecular flexibility index (Phi) is 2.97. The van der Waals surface area contributed by atoms with E-state index in [0.717, 1.165) is 44.3 Å². The van der Waals surface area contributed by atoms with Gasteiger partial charge in [-0.05, 0) is 19.9 Å². The first kappa shape index (κ1) is 11.2. The third kappa shape index (κ3) is 2.21. The van der Waals surface area contributed by atoms with Crippen molar-refractivity contribution in [3.8, 4) is 11.5 Å². The average molecular weight is 248 g/mol. The second-order valence-corrected chi connectivity index (χ2v) is 4.40. The molecule has 7 heteroatoms. The van der Waals surface area contributed by atoms with Crippen LogP contribution in [0.4, 0.5) is 5.95 Å². The van der Waals surface area contributed by atoms with Gasteiger partial charge in [-0.25, -0.2) is 0 Å². The fourth-order valence-corrected chi connectivity index (χ4v) is 2.03. The maximum Gasteiger partial charge on any atom is 0.245 e. The smallest absolute Gasteiger partial charge is 0.245 e. The van der Waals surface area contributed by atoms with Crippen LogP contribution in [0, 0.1) is 6.92 Å². The molecule has 3 rings (SSSR count). The molecule has 3 heterocycles. The fourth-order valence-electron chi connectivity index (χ4n) is 2.03. The zero-order valence-corrected chi connectivity index (χ0v) is 10.3. The molecule has 0 aliphatic carbocycles. The van der Waals surface area contributed by atoms with Crippen molar-refractivity contribution in [2.45, 2.75) is 13.3 Å². The van der Waals surface area contributed by atoms with E-state index in [0.29, 0.717) is 11.5 Å². The molecule has 1 fully saturated rings. The van der Waals surface area contributed by atoms with Crippen LogP contribution in [-0.2, 0) is 0 Å². The summed E-state index contributed by atoms with van der Waals surface area (Å²) in [6, 6.07) is 1.84. The molecule has 1 saturated heterocycles. The number of nitrogens with one attached hydrogen (secondary N) is 2. The molecule has 0 amide bonds. The Labute approximate surface area is 105 Å². The van der Waals surface area contributed by atoms with Crippen molar-refractivity contribution >= 4 is 5.95 Å². The molecule has 7 nitrogen and oxygen atoms in total. The SMILES string of the molecule is Cc1cc(-c2nc(N3CCCNCC3)n[nH]2)no1. The summed E-state index contributed by atoms with van der Waals surface area (Å²) in [7, 11) is 0. The second kappa shape index (κ2) is 4.77. The highest BCUT2D eigenvalue weighted by Gasteiger charge is 2.16. The van der Waals surface area contributed by atoms with Gasteiger partial charge in [-0.2, -0.15) is 4.98 Å². The number of hydrogen-bond donors (Lipinski definition) is 2. The van der Waals surface area contributed by atoms with E-state index >= 15 is 0 Å². The highest BCUT2D eigenvalue weighted by molar-refractivity contribution is 5.50. The van der Waals surface area contributed by atoms with Crippen LogP contribution in [0.15, 0.2) is 10.6 Å². The molecule has 0 spiro atoms. The number of rotatable bonds is 2. The highest BCUT2D eigenvalue weighted by atomic mass is 16.5. The summed E-state index contributed by atoms with van der Waals surface area (Å²) < 4.78 is 5.03. The molecule has 18 heavy (non-hydrogen) atoms. The number of aromatic amines is 1. The van der Waals surface area contributed by atoms with Gasteiger partial charge in [-0.1, -0.05) is 5.16 Å². The molecular weight excluding hydrogens is 232 g/mol. The third-order valence-electron chi connectivity index (χ3n) is 2.97. The van der Waals surface area contributed by atoms with Crippen molar-refractivity contribution < 1.29 is 4.52 Å². The minimum atomic E-state index is 0.652. The van der Waals surface area contributed by atoms with Crippen LogP contribution in [0.1, 0.15) is 12.2 Å². The third-order valence-corrected chi connectivity index (χ3v) is 2.97. The van der Waals surface area contributed by atoms with Gasteiger partial charge in [0.25, 0.3) is 0 Å². The topological polar surface area (TPSA) is 82.9 Å². The zero-order valence-electron chi connectivity index (χ0n) is 10.3. The average Bonchev–Trinajstić information content (AvgIpc) is 2.92. The molecule has 0 bridgehead atoms. The number of aromatic nitrogens is 4. The minimum Gasteiger partial charge on any atom is -0.361 e. The number of hydrogen-bond acceptors (Lipinski definition) is 6. The Balaban J connectivity index is 1.80. The maximum atomic E-state index is 5.03. The number of H-pyrrole nitrogens is 1.